The number of carbonyl (C=O) groups excluding carboxylic acids is 1. The third-order valence-electron chi connectivity index (χ3n) is 2.77. The van der Waals surface area contributed by atoms with Crippen LogP contribution in [0.3, 0.4) is 0 Å². The van der Waals surface area contributed by atoms with Crippen molar-refractivity contribution in [2.75, 3.05) is 0 Å². The second-order valence-electron chi connectivity index (χ2n) is 4.17. The molecule has 20 heavy (non-hydrogen) atoms. The van der Waals surface area contributed by atoms with E-state index in [2.05, 4.69) is 5.16 Å². The minimum Gasteiger partial charge on any atom is -0.457 e. The molecule has 1 aromatic heterocycles. The van der Waals surface area contributed by atoms with Gasteiger partial charge in [-0.15, -0.1) is 0 Å². The molecule has 0 fully saturated rings. The second kappa shape index (κ2) is 5.40. The predicted octanol–water partition coefficient (Wildman–Crippen LogP) is 3.95. The van der Waals surface area contributed by atoms with Crippen molar-refractivity contribution in [1.29, 1.82) is 0 Å². The lowest BCUT2D eigenvalue weighted by Crippen LogP contribution is -1.84. The van der Waals surface area contributed by atoms with Gasteiger partial charge in [0.1, 0.15) is 17.2 Å². The fourth-order valence-electron chi connectivity index (χ4n) is 1.80. The van der Waals surface area contributed by atoms with Crippen LogP contribution in [0.25, 0.3) is 11.3 Å². The maximum absolute atomic E-state index is 10.6. The number of hydrogen-bond donors (Lipinski definition) is 0. The first-order valence-corrected chi connectivity index (χ1v) is 6.10. The van der Waals surface area contributed by atoms with Gasteiger partial charge in [-0.3, -0.25) is 4.79 Å². The molecule has 0 spiro atoms. The Kier molecular flexibility index (Phi) is 3.29. The van der Waals surface area contributed by atoms with Gasteiger partial charge >= 0.3 is 0 Å². The van der Waals surface area contributed by atoms with Crippen molar-refractivity contribution in [3.63, 3.8) is 0 Å². The van der Waals surface area contributed by atoms with Crippen LogP contribution in [0.1, 0.15) is 10.6 Å². The smallest absolute Gasteiger partial charge is 0.199 e. The normalized spacial score (nSPS) is 10.2. The monoisotopic (exact) mass is 265 g/mol. The average molecular weight is 265 g/mol. The van der Waals surface area contributed by atoms with Crippen molar-refractivity contribution in [2.24, 2.45) is 0 Å². The van der Waals surface area contributed by atoms with Gasteiger partial charge in [-0.1, -0.05) is 23.4 Å². The lowest BCUT2D eigenvalue weighted by atomic mass is 10.1. The second-order valence-corrected chi connectivity index (χ2v) is 4.17. The molecule has 2 aromatic carbocycles. The lowest BCUT2D eigenvalue weighted by molar-refractivity contribution is 0.109. The molecule has 0 aliphatic rings. The van der Waals surface area contributed by atoms with Gasteiger partial charge in [0.25, 0.3) is 0 Å². The minimum atomic E-state index is 0.213. The van der Waals surface area contributed by atoms with Crippen LogP contribution < -0.4 is 4.74 Å². The van der Waals surface area contributed by atoms with Crippen molar-refractivity contribution >= 4 is 6.29 Å². The summed E-state index contributed by atoms with van der Waals surface area (Å²) in [6, 6.07) is 18.6. The van der Waals surface area contributed by atoms with Gasteiger partial charge in [-0.2, -0.15) is 0 Å². The van der Waals surface area contributed by atoms with Gasteiger partial charge in [0.05, 0.1) is 0 Å². The number of aromatic nitrogens is 1. The summed E-state index contributed by atoms with van der Waals surface area (Å²) in [6.45, 7) is 0. The molecule has 0 unspecified atom stereocenters. The summed E-state index contributed by atoms with van der Waals surface area (Å²) < 4.78 is 10.5. The Morgan fingerprint density at radius 2 is 1.65 bits per heavy atom. The van der Waals surface area contributed by atoms with Crippen molar-refractivity contribution < 1.29 is 14.1 Å². The Labute approximate surface area is 115 Å². The van der Waals surface area contributed by atoms with E-state index >= 15 is 0 Å². The van der Waals surface area contributed by atoms with E-state index in [9.17, 15) is 4.79 Å². The molecule has 3 rings (SSSR count). The van der Waals surface area contributed by atoms with E-state index in [4.69, 9.17) is 9.26 Å². The molecule has 0 amide bonds. The number of rotatable bonds is 4. The van der Waals surface area contributed by atoms with Gasteiger partial charge in [0, 0.05) is 11.6 Å². The first-order chi connectivity index (χ1) is 9.85. The topological polar surface area (TPSA) is 52.3 Å². The van der Waals surface area contributed by atoms with E-state index in [0.29, 0.717) is 12.0 Å². The fraction of sp³-hybridized carbons (Fsp3) is 0. The highest BCUT2D eigenvalue weighted by Crippen LogP contribution is 2.25. The van der Waals surface area contributed by atoms with Crippen LogP contribution in [0.5, 0.6) is 11.5 Å². The first-order valence-electron chi connectivity index (χ1n) is 6.10. The van der Waals surface area contributed by atoms with Crippen molar-refractivity contribution in [2.45, 2.75) is 0 Å². The van der Waals surface area contributed by atoms with Crippen LogP contribution >= 0.6 is 0 Å². The molecule has 98 valence electrons. The van der Waals surface area contributed by atoms with Crippen LogP contribution in [0.4, 0.5) is 0 Å². The quantitative estimate of drug-likeness (QED) is 0.670. The molecule has 0 saturated heterocycles. The Morgan fingerprint density at radius 3 is 2.30 bits per heavy atom. The number of nitrogens with zero attached hydrogens (tertiary/aromatic N) is 1. The Morgan fingerprint density at radius 1 is 0.950 bits per heavy atom. The van der Waals surface area contributed by atoms with Crippen molar-refractivity contribution in [3.05, 3.63) is 66.4 Å². The Balaban J connectivity index is 1.79. The van der Waals surface area contributed by atoms with E-state index in [-0.39, 0.29) is 5.76 Å². The Bertz CT molecular complexity index is 702. The Hall–Kier alpha value is -2.88. The minimum absolute atomic E-state index is 0.213. The number of carbonyl (C=O) groups is 1. The summed E-state index contributed by atoms with van der Waals surface area (Å²) in [5.41, 5.74) is 1.49. The SMILES string of the molecule is O=Cc1cc(-c2ccc(Oc3ccccc3)cc2)no1. The summed E-state index contributed by atoms with van der Waals surface area (Å²) in [5.74, 6) is 1.73. The third-order valence-corrected chi connectivity index (χ3v) is 2.77. The zero-order chi connectivity index (χ0) is 13.8. The number of ether oxygens (including phenoxy) is 1. The molecule has 1 heterocycles. The van der Waals surface area contributed by atoms with Gasteiger partial charge in [-0.25, -0.2) is 0 Å². The number of hydrogen-bond acceptors (Lipinski definition) is 4. The molecule has 3 aromatic rings. The predicted molar refractivity (Wildman–Crippen MR) is 73.8 cm³/mol. The summed E-state index contributed by atoms with van der Waals surface area (Å²) in [6.07, 6.45) is 0.628. The van der Waals surface area contributed by atoms with Crippen LogP contribution in [0.2, 0.25) is 0 Å². The van der Waals surface area contributed by atoms with E-state index in [1.54, 1.807) is 6.07 Å². The van der Waals surface area contributed by atoms with Crippen molar-refractivity contribution in [1.82, 2.24) is 5.16 Å². The average Bonchev–Trinajstić information content (AvgIpc) is 2.98. The van der Waals surface area contributed by atoms with Crippen LogP contribution in [0.15, 0.2) is 65.2 Å². The highest BCUT2D eigenvalue weighted by Gasteiger charge is 2.06. The molecular formula is C16H11NO3. The zero-order valence-electron chi connectivity index (χ0n) is 10.5. The molecule has 4 nitrogen and oxygen atoms in total. The van der Waals surface area contributed by atoms with E-state index < -0.39 is 0 Å². The van der Waals surface area contributed by atoms with E-state index in [1.807, 2.05) is 54.6 Å². The largest absolute Gasteiger partial charge is 0.457 e. The van der Waals surface area contributed by atoms with Gasteiger partial charge in [-0.05, 0) is 36.4 Å². The molecule has 4 heteroatoms. The van der Waals surface area contributed by atoms with Crippen LogP contribution in [-0.2, 0) is 0 Å². The van der Waals surface area contributed by atoms with Crippen molar-refractivity contribution in [3.8, 4) is 22.8 Å². The summed E-state index contributed by atoms with van der Waals surface area (Å²) >= 11 is 0. The molecule has 0 N–H and O–H groups in total. The fourth-order valence-corrected chi connectivity index (χ4v) is 1.80. The highest BCUT2D eigenvalue weighted by molar-refractivity contribution is 5.73. The molecule has 0 aliphatic heterocycles. The summed E-state index contributed by atoms with van der Waals surface area (Å²) in [7, 11) is 0. The molecule has 0 atom stereocenters. The molecule has 0 saturated carbocycles. The number of aldehydes is 1. The van der Waals surface area contributed by atoms with Gasteiger partial charge in [0.15, 0.2) is 12.0 Å². The molecule has 0 bridgehead atoms. The standard InChI is InChI=1S/C16H11NO3/c18-11-15-10-16(17-20-15)12-6-8-14(9-7-12)19-13-4-2-1-3-5-13/h1-11H. The van der Waals surface area contributed by atoms with E-state index in [0.717, 1.165) is 17.1 Å². The van der Waals surface area contributed by atoms with E-state index in [1.165, 1.54) is 0 Å². The molecule has 0 radical (unpaired) electrons. The van der Waals surface area contributed by atoms with Crippen LogP contribution in [0, 0.1) is 0 Å². The molecule has 0 aliphatic carbocycles. The maximum Gasteiger partial charge on any atom is 0.199 e. The highest BCUT2D eigenvalue weighted by atomic mass is 16.5. The maximum atomic E-state index is 10.6. The first kappa shape index (κ1) is 12.2. The third kappa shape index (κ3) is 2.59. The zero-order valence-corrected chi connectivity index (χ0v) is 10.5. The van der Waals surface area contributed by atoms with Gasteiger partial charge in [0.2, 0.25) is 0 Å². The number of benzene rings is 2. The molecular weight excluding hydrogens is 254 g/mol. The lowest BCUT2D eigenvalue weighted by Gasteiger charge is -2.05. The summed E-state index contributed by atoms with van der Waals surface area (Å²) in [4.78, 5) is 10.6. The summed E-state index contributed by atoms with van der Waals surface area (Å²) in [5, 5.41) is 3.82. The van der Waals surface area contributed by atoms with Crippen LogP contribution in [-0.4, -0.2) is 11.4 Å². The van der Waals surface area contributed by atoms with Gasteiger partial charge < -0.3 is 9.26 Å². The number of para-hydroxylation sites is 1.